The fourth-order valence-corrected chi connectivity index (χ4v) is 3.08. The van der Waals surface area contributed by atoms with E-state index in [4.69, 9.17) is 0 Å². The van der Waals surface area contributed by atoms with E-state index in [0.717, 1.165) is 28.4 Å². The zero-order chi connectivity index (χ0) is 16.4. The summed E-state index contributed by atoms with van der Waals surface area (Å²) in [6, 6.07) is 18.0. The number of carbonyl (C=O) groups excluding carboxylic acids is 1. The largest absolute Gasteiger partial charge is 0.310 e. The third-order valence-corrected chi connectivity index (χ3v) is 4.24. The first-order valence-electron chi connectivity index (χ1n) is 8.03. The van der Waals surface area contributed by atoms with Crippen LogP contribution in [0.1, 0.15) is 11.1 Å². The van der Waals surface area contributed by atoms with Gasteiger partial charge in [0, 0.05) is 23.6 Å². The fraction of sp³-hybridized carbons (Fsp3) is 0.0952. The van der Waals surface area contributed by atoms with Crippen molar-refractivity contribution in [1.82, 2.24) is 0 Å². The number of fused-ring (bicyclic) bond motifs is 1. The van der Waals surface area contributed by atoms with E-state index in [2.05, 4.69) is 4.99 Å². The van der Waals surface area contributed by atoms with E-state index in [0.29, 0.717) is 6.54 Å². The van der Waals surface area contributed by atoms with Crippen LogP contribution >= 0.6 is 0 Å². The lowest BCUT2D eigenvalue weighted by atomic mass is 9.99. The van der Waals surface area contributed by atoms with Gasteiger partial charge in [0.1, 0.15) is 6.54 Å². The van der Waals surface area contributed by atoms with Gasteiger partial charge in [-0.1, -0.05) is 48.5 Å². The van der Waals surface area contributed by atoms with Crippen LogP contribution in [0.25, 0.3) is 0 Å². The summed E-state index contributed by atoms with van der Waals surface area (Å²) in [5.74, 6) is 1.15. The van der Waals surface area contributed by atoms with Gasteiger partial charge in [-0.3, -0.25) is 9.79 Å². The van der Waals surface area contributed by atoms with Crippen molar-refractivity contribution in [3.8, 4) is 0 Å². The Bertz CT molecular complexity index is 760. The average molecular weight is 313 g/mol. The van der Waals surface area contributed by atoms with Crippen molar-refractivity contribution in [2.24, 2.45) is 4.99 Å². The Morgan fingerprint density at radius 3 is 2.42 bits per heavy atom. The molecule has 117 valence electrons. The number of rotatable bonds is 3. The molecule has 2 aliphatic rings. The van der Waals surface area contributed by atoms with Crippen molar-refractivity contribution >= 4 is 17.3 Å². The van der Waals surface area contributed by atoms with Crippen LogP contribution in [0.2, 0.25) is 0 Å². The highest BCUT2D eigenvalue weighted by Gasteiger charge is 2.28. The maximum absolute atomic E-state index is 12.7. The molecule has 2 aromatic carbocycles. The predicted molar refractivity (Wildman–Crippen MR) is 96.2 cm³/mol. The Labute approximate surface area is 143 Å². The highest BCUT2D eigenvalue weighted by molar-refractivity contribution is 6.19. The third kappa shape index (κ3) is 2.86. The molecule has 1 heterocycles. The highest BCUT2D eigenvalue weighted by Crippen LogP contribution is 2.31. The van der Waals surface area contributed by atoms with E-state index >= 15 is 0 Å². The summed E-state index contributed by atoms with van der Waals surface area (Å²) in [6.07, 6.45) is 8.07. The van der Waals surface area contributed by atoms with Gasteiger partial charge in [0.15, 0.2) is 0 Å². The van der Waals surface area contributed by atoms with Crippen molar-refractivity contribution in [2.75, 3.05) is 18.0 Å². The minimum atomic E-state index is 0.0228. The van der Waals surface area contributed by atoms with Crippen LogP contribution in [0, 0.1) is 31.6 Å². The Kier molecular flexibility index (Phi) is 4.16. The zero-order valence-electron chi connectivity index (χ0n) is 13.2. The minimum Gasteiger partial charge on any atom is -0.310 e. The first kappa shape index (κ1) is 15.1. The number of anilines is 1. The Balaban J connectivity index is 1.75. The van der Waals surface area contributed by atoms with Gasteiger partial charge in [-0.05, 0) is 31.7 Å². The quantitative estimate of drug-likeness (QED) is 0.856. The van der Waals surface area contributed by atoms with Gasteiger partial charge in [-0.15, -0.1) is 0 Å². The summed E-state index contributed by atoms with van der Waals surface area (Å²) in [4.78, 5) is 19.2. The molecule has 0 atom stereocenters. The molecule has 0 unspecified atom stereocenters. The van der Waals surface area contributed by atoms with Gasteiger partial charge >= 0.3 is 0 Å². The summed E-state index contributed by atoms with van der Waals surface area (Å²) in [5, 5.41) is 0. The van der Waals surface area contributed by atoms with Crippen LogP contribution in [-0.4, -0.2) is 24.7 Å². The van der Waals surface area contributed by atoms with Crippen molar-refractivity contribution in [3.05, 3.63) is 97.3 Å². The van der Waals surface area contributed by atoms with Crippen LogP contribution in [-0.2, 0) is 4.79 Å². The van der Waals surface area contributed by atoms with Gasteiger partial charge in [-0.2, -0.15) is 0 Å². The van der Waals surface area contributed by atoms with E-state index in [9.17, 15) is 4.79 Å². The molecule has 2 aromatic rings. The lowest BCUT2D eigenvalue weighted by Crippen LogP contribution is -2.35. The average Bonchev–Trinajstić information content (AvgIpc) is 3.10. The summed E-state index contributed by atoms with van der Waals surface area (Å²) >= 11 is 0. The summed E-state index contributed by atoms with van der Waals surface area (Å²) < 4.78 is 0. The van der Waals surface area contributed by atoms with Gasteiger partial charge < -0.3 is 4.90 Å². The number of amides is 1. The first-order chi connectivity index (χ1) is 11.8. The standard InChI is InChI=1S/C21H17N2O/c24-20-14-22-21(17-10-2-1-3-11-17)18-12-6-7-13-19(18)23(20)15-16-8-4-5-9-16/h1-13H,14-15H2. The lowest BCUT2D eigenvalue weighted by Gasteiger charge is -2.25. The molecule has 1 saturated carbocycles. The molecule has 0 bridgehead atoms. The van der Waals surface area contributed by atoms with E-state index in [1.54, 1.807) is 0 Å². The van der Waals surface area contributed by atoms with Crippen LogP contribution in [0.4, 0.5) is 5.69 Å². The number of benzodiazepines with no additional fused rings is 1. The molecule has 3 heteroatoms. The molecule has 0 spiro atoms. The molecule has 1 aliphatic carbocycles. The van der Waals surface area contributed by atoms with Crippen LogP contribution < -0.4 is 4.90 Å². The van der Waals surface area contributed by atoms with E-state index in [-0.39, 0.29) is 12.5 Å². The number of hydrogen-bond donors (Lipinski definition) is 0. The Morgan fingerprint density at radius 2 is 1.62 bits per heavy atom. The summed E-state index contributed by atoms with van der Waals surface area (Å²) in [6.45, 7) is 0.736. The monoisotopic (exact) mass is 313 g/mol. The highest BCUT2D eigenvalue weighted by atomic mass is 16.2. The second-order valence-electron chi connectivity index (χ2n) is 5.82. The van der Waals surface area contributed by atoms with Crippen LogP contribution in [0.3, 0.4) is 0 Å². The van der Waals surface area contributed by atoms with E-state index < -0.39 is 0 Å². The maximum atomic E-state index is 12.7. The van der Waals surface area contributed by atoms with Gasteiger partial charge in [0.25, 0.3) is 0 Å². The molecule has 1 amide bonds. The topological polar surface area (TPSA) is 32.7 Å². The van der Waals surface area contributed by atoms with Crippen LogP contribution in [0.5, 0.6) is 0 Å². The van der Waals surface area contributed by atoms with Gasteiger partial charge in [0.2, 0.25) is 5.91 Å². The Morgan fingerprint density at radius 1 is 0.917 bits per heavy atom. The number of aliphatic imine (C=N–C) groups is 1. The molecule has 0 saturated heterocycles. The molecule has 0 N–H and O–H groups in total. The number of para-hydroxylation sites is 1. The molecule has 24 heavy (non-hydrogen) atoms. The third-order valence-electron chi connectivity index (χ3n) is 4.24. The van der Waals surface area contributed by atoms with Crippen molar-refractivity contribution in [2.45, 2.75) is 0 Å². The molecular formula is C21H17N2O. The molecule has 1 aliphatic heterocycles. The van der Waals surface area contributed by atoms with Crippen molar-refractivity contribution < 1.29 is 4.79 Å². The Hall–Kier alpha value is -2.42. The second kappa shape index (κ2) is 6.60. The van der Waals surface area contributed by atoms with E-state index in [1.165, 1.54) is 0 Å². The number of nitrogens with zero attached hydrogens (tertiary/aromatic N) is 2. The van der Waals surface area contributed by atoms with Crippen LogP contribution in [0.15, 0.2) is 59.6 Å². The molecule has 4 rings (SSSR count). The summed E-state index contributed by atoms with van der Waals surface area (Å²) in [7, 11) is 0. The number of benzene rings is 2. The van der Waals surface area contributed by atoms with Crippen molar-refractivity contribution in [3.63, 3.8) is 0 Å². The summed E-state index contributed by atoms with van der Waals surface area (Å²) in [5.41, 5.74) is 3.84. The first-order valence-corrected chi connectivity index (χ1v) is 8.03. The van der Waals surface area contributed by atoms with Gasteiger partial charge in [-0.25, -0.2) is 0 Å². The van der Waals surface area contributed by atoms with E-state index in [1.807, 2.05) is 85.2 Å². The smallest absolute Gasteiger partial charge is 0.248 e. The second-order valence-corrected chi connectivity index (χ2v) is 5.82. The molecule has 1 fully saturated rings. The molecule has 0 aromatic heterocycles. The number of hydrogen-bond acceptors (Lipinski definition) is 2. The normalized spacial score (nSPS) is 18.2. The molecule has 3 nitrogen and oxygen atoms in total. The number of carbonyl (C=O) groups is 1. The molecular weight excluding hydrogens is 296 g/mol. The maximum Gasteiger partial charge on any atom is 0.248 e. The SMILES string of the molecule is O=C1CN=C(c2ccccc2)c2ccccc2N1C[C]1[CH][CH][CH][CH]1. The zero-order valence-corrected chi connectivity index (χ0v) is 13.2. The van der Waals surface area contributed by atoms with Crippen molar-refractivity contribution in [1.29, 1.82) is 0 Å². The predicted octanol–water partition coefficient (Wildman–Crippen LogP) is 3.28. The molecule has 5 radical (unpaired) electrons. The van der Waals surface area contributed by atoms with Gasteiger partial charge in [0.05, 0.1) is 11.4 Å². The minimum absolute atomic E-state index is 0.0228. The lowest BCUT2D eigenvalue weighted by molar-refractivity contribution is -0.117. The fourth-order valence-electron chi connectivity index (χ4n) is 3.08.